The summed E-state index contributed by atoms with van der Waals surface area (Å²) in [4.78, 5) is 10.8. The van der Waals surface area contributed by atoms with Crippen LogP contribution in [0.2, 0.25) is 0 Å². The second-order valence-corrected chi connectivity index (χ2v) is 4.26. The van der Waals surface area contributed by atoms with Crippen molar-refractivity contribution in [2.75, 3.05) is 18.0 Å². The Balaban J connectivity index is 2.15. The van der Waals surface area contributed by atoms with Crippen LogP contribution in [0.1, 0.15) is 11.1 Å². The third kappa shape index (κ3) is 3.28. The summed E-state index contributed by atoms with van der Waals surface area (Å²) < 4.78 is 0. The molecule has 0 spiro atoms. The van der Waals surface area contributed by atoms with Crippen LogP contribution in [-0.4, -0.2) is 23.1 Å². The zero-order chi connectivity index (χ0) is 12.8. The lowest BCUT2D eigenvalue weighted by molar-refractivity contribution is 0.757. The van der Waals surface area contributed by atoms with Crippen LogP contribution in [0.4, 0.5) is 5.95 Å². The number of benzene rings is 1. The van der Waals surface area contributed by atoms with Crippen molar-refractivity contribution < 1.29 is 0 Å². The highest BCUT2D eigenvalue weighted by molar-refractivity contribution is 5.32. The van der Waals surface area contributed by atoms with Gasteiger partial charge in [0.1, 0.15) is 0 Å². The number of aromatic nitrogens is 2. The Bertz CT molecular complexity index is 467. The molecule has 94 valence electrons. The van der Waals surface area contributed by atoms with Gasteiger partial charge in [0, 0.05) is 32.0 Å². The van der Waals surface area contributed by atoms with E-state index in [0.717, 1.165) is 24.6 Å². The van der Waals surface area contributed by atoms with E-state index in [9.17, 15) is 0 Å². The standard InChI is InChI=1S/C14H18N4/c1-12-9-16-14(17-10-12)18(8-7-15)11-13-5-3-2-4-6-13/h2-6,9-10H,7-8,11,15H2,1H3. The summed E-state index contributed by atoms with van der Waals surface area (Å²) >= 11 is 0. The van der Waals surface area contributed by atoms with Gasteiger partial charge in [0.2, 0.25) is 5.95 Å². The van der Waals surface area contributed by atoms with Gasteiger partial charge in [-0.1, -0.05) is 30.3 Å². The molecule has 4 nitrogen and oxygen atoms in total. The maximum Gasteiger partial charge on any atom is 0.225 e. The van der Waals surface area contributed by atoms with E-state index in [-0.39, 0.29) is 0 Å². The molecule has 0 aliphatic heterocycles. The van der Waals surface area contributed by atoms with E-state index in [2.05, 4.69) is 27.0 Å². The van der Waals surface area contributed by atoms with Crippen LogP contribution in [0.15, 0.2) is 42.7 Å². The molecular weight excluding hydrogens is 224 g/mol. The molecule has 18 heavy (non-hydrogen) atoms. The zero-order valence-electron chi connectivity index (χ0n) is 10.6. The molecule has 2 rings (SSSR count). The van der Waals surface area contributed by atoms with E-state index in [1.165, 1.54) is 5.56 Å². The maximum atomic E-state index is 5.65. The summed E-state index contributed by atoms with van der Waals surface area (Å²) in [6.45, 7) is 4.09. The Morgan fingerprint density at radius 3 is 2.39 bits per heavy atom. The number of rotatable bonds is 5. The highest BCUT2D eigenvalue weighted by atomic mass is 15.2. The molecule has 1 aromatic heterocycles. The topological polar surface area (TPSA) is 55.0 Å². The van der Waals surface area contributed by atoms with Gasteiger partial charge in [0.25, 0.3) is 0 Å². The van der Waals surface area contributed by atoms with Crippen molar-refractivity contribution in [3.05, 3.63) is 53.9 Å². The third-order valence-corrected chi connectivity index (χ3v) is 2.67. The normalized spacial score (nSPS) is 10.3. The maximum absolute atomic E-state index is 5.65. The van der Waals surface area contributed by atoms with Crippen molar-refractivity contribution in [3.63, 3.8) is 0 Å². The van der Waals surface area contributed by atoms with Crippen LogP contribution in [0.5, 0.6) is 0 Å². The summed E-state index contributed by atoms with van der Waals surface area (Å²) in [5.41, 5.74) is 7.95. The average molecular weight is 242 g/mol. The SMILES string of the molecule is Cc1cnc(N(CCN)Cc2ccccc2)nc1. The Hall–Kier alpha value is -1.94. The number of anilines is 1. The predicted octanol–water partition coefficient (Wildman–Crippen LogP) is 1.75. The van der Waals surface area contributed by atoms with Crippen LogP contribution in [0, 0.1) is 6.92 Å². The van der Waals surface area contributed by atoms with E-state index in [1.807, 2.05) is 37.5 Å². The molecule has 0 saturated heterocycles. The van der Waals surface area contributed by atoms with Crippen LogP contribution in [0.3, 0.4) is 0 Å². The lowest BCUT2D eigenvalue weighted by atomic mass is 10.2. The van der Waals surface area contributed by atoms with Gasteiger partial charge in [-0.15, -0.1) is 0 Å². The number of nitrogens with zero attached hydrogens (tertiary/aromatic N) is 3. The fourth-order valence-corrected chi connectivity index (χ4v) is 1.76. The fourth-order valence-electron chi connectivity index (χ4n) is 1.76. The third-order valence-electron chi connectivity index (χ3n) is 2.67. The molecule has 1 aromatic carbocycles. The van der Waals surface area contributed by atoms with Gasteiger partial charge in [-0.25, -0.2) is 9.97 Å². The quantitative estimate of drug-likeness (QED) is 0.868. The molecule has 0 aliphatic rings. The van der Waals surface area contributed by atoms with E-state index in [1.54, 1.807) is 0 Å². The first-order valence-corrected chi connectivity index (χ1v) is 6.07. The molecule has 2 N–H and O–H groups in total. The summed E-state index contributed by atoms with van der Waals surface area (Å²) in [5, 5.41) is 0. The second-order valence-electron chi connectivity index (χ2n) is 4.26. The van der Waals surface area contributed by atoms with Crippen LogP contribution in [-0.2, 0) is 6.54 Å². The van der Waals surface area contributed by atoms with Gasteiger partial charge in [-0.3, -0.25) is 0 Å². The summed E-state index contributed by atoms with van der Waals surface area (Å²) in [7, 11) is 0. The Morgan fingerprint density at radius 1 is 1.11 bits per heavy atom. The van der Waals surface area contributed by atoms with Gasteiger partial charge in [-0.2, -0.15) is 0 Å². The van der Waals surface area contributed by atoms with Crippen molar-refractivity contribution in [1.82, 2.24) is 9.97 Å². The van der Waals surface area contributed by atoms with Crippen molar-refractivity contribution in [2.45, 2.75) is 13.5 Å². The van der Waals surface area contributed by atoms with E-state index in [0.29, 0.717) is 6.54 Å². The largest absolute Gasteiger partial charge is 0.335 e. The van der Waals surface area contributed by atoms with Crippen molar-refractivity contribution >= 4 is 5.95 Å². The molecule has 1 heterocycles. The van der Waals surface area contributed by atoms with Crippen LogP contribution >= 0.6 is 0 Å². The molecule has 4 heteroatoms. The average Bonchev–Trinajstić information content (AvgIpc) is 2.40. The number of aryl methyl sites for hydroxylation is 1. The monoisotopic (exact) mass is 242 g/mol. The summed E-state index contributed by atoms with van der Waals surface area (Å²) in [5.74, 6) is 0.731. The summed E-state index contributed by atoms with van der Waals surface area (Å²) in [6, 6.07) is 10.3. The molecule has 0 unspecified atom stereocenters. The first-order chi connectivity index (χ1) is 8.79. The number of nitrogens with two attached hydrogens (primary N) is 1. The highest BCUT2D eigenvalue weighted by Crippen LogP contribution is 2.11. The van der Waals surface area contributed by atoms with Gasteiger partial charge in [0.15, 0.2) is 0 Å². The Kier molecular flexibility index (Phi) is 4.25. The van der Waals surface area contributed by atoms with Crippen molar-refractivity contribution in [3.8, 4) is 0 Å². The van der Waals surface area contributed by atoms with Gasteiger partial charge in [-0.05, 0) is 18.1 Å². The lowest BCUT2D eigenvalue weighted by Gasteiger charge is -2.21. The smallest absolute Gasteiger partial charge is 0.225 e. The van der Waals surface area contributed by atoms with Gasteiger partial charge >= 0.3 is 0 Å². The predicted molar refractivity (Wildman–Crippen MR) is 73.3 cm³/mol. The minimum atomic E-state index is 0.587. The number of hydrogen-bond donors (Lipinski definition) is 1. The molecule has 0 bridgehead atoms. The van der Waals surface area contributed by atoms with Crippen molar-refractivity contribution in [2.24, 2.45) is 5.73 Å². The Morgan fingerprint density at radius 2 is 1.78 bits per heavy atom. The van der Waals surface area contributed by atoms with E-state index in [4.69, 9.17) is 5.73 Å². The zero-order valence-corrected chi connectivity index (χ0v) is 10.6. The fraction of sp³-hybridized carbons (Fsp3) is 0.286. The molecular formula is C14H18N4. The minimum absolute atomic E-state index is 0.587. The van der Waals surface area contributed by atoms with E-state index >= 15 is 0 Å². The van der Waals surface area contributed by atoms with E-state index < -0.39 is 0 Å². The molecule has 0 radical (unpaired) electrons. The minimum Gasteiger partial charge on any atom is -0.335 e. The molecule has 0 aliphatic carbocycles. The van der Waals surface area contributed by atoms with Gasteiger partial charge < -0.3 is 10.6 Å². The first kappa shape index (κ1) is 12.5. The highest BCUT2D eigenvalue weighted by Gasteiger charge is 2.08. The Labute approximate surface area is 107 Å². The molecule has 0 amide bonds. The first-order valence-electron chi connectivity index (χ1n) is 6.07. The molecule has 0 atom stereocenters. The molecule has 0 saturated carbocycles. The summed E-state index contributed by atoms with van der Waals surface area (Å²) in [6.07, 6.45) is 3.66. The van der Waals surface area contributed by atoms with Gasteiger partial charge in [0.05, 0.1) is 0 Å². The number of hydrogen-bond acceptors (Lipinski definition) is 4. The van der Waals surface area contributed by atoms with Crippen LogP contribution < -0.4 is 10.6 Å². The van der Waals surface area contributed by atoms with Crippen molar-refractivity contribution in [1.29, 1.82) is 0 Å². The lowest BCUT2D eigenvalue weighted by Crippen LogP contribution is -2.30. The molecule has 0 fully saturated rings. The second kappa shape index (κ2) is 6.12. The van der Waals surface area contributed by atoms with Crippen LogP contribution in [0.25, 0.3) is 0 Å². The molecule has 2 aromatic rings.